The largest absolute Gasteiger partial charge is 0.461 e. The van der Waals surface area contributed by atoms with Gasteiger partial charge in [-0.3, -0.25) is 0 Å². The van der Waals surface area contributed by atoms with Gasteiger partial charge in [0, 0.05) is 64.0 Å². The molecule has 0 unspecified atom stereocenters. The van der Waals surface area contributed by atoms with Crippen LogP contribution < -0.4 is 0 Å². The molecule has 0 spiro atoms. The van der Waals surface area contributed by atoms with Crippen LogP contribution in [-0.4, -0.2) is 9.13 Å². The molecule has 0 fully saturated rings. The Balaban J connectivity index is 1.15. The Bertz CT molecular complexity index is 3430. The van der Waals surface area contributed by atoms with Crippen molar-refractivity contribution in [1.82, 2.24) is 9.13 Å². The van der Waals surface area contributed by atoms with E-state index in [1.54, 1.807) is 0 Å². The van der Waals surface area contributed by atoms with Gasteiger partial charge in [-0.05, 0) is 95.9 Å². The molecular formula is C52H36N2OS2. The number of hydrogen-bond acceptors (Lipinski definition) is 3. The highest BCUT2D eigenvalue weighted by atomic mass is 32.2. The standard InChI is InChI=1S/C52H36N2OS2/c1-5-6-13-33-30(2)55-44-26-21-31(29-39(33)44)53-41-17-10-8-15-35(41)38-28-32(20-24-42(38)53)54-43-25-22-36-34-14-7-9-16-40(34)52(3,4)49(36)48(43)37-23-27-47-51(50(37)54)57-46-19-12-11-18-45(46)56-47/h5-29H,1H2,2-4H3/b13-6-. The molecule has 0 saturated heterocycles. The van der Waals surface area contributed by atoms with Gasteiger partial charge in [0.1, 0.15) is 11.3 Å². The molecule has 10 aromatic rings. The molecule has 3 nitrogen and oxygen atoms in total. The summed E-state index contributed by atoms with van der Waals surface area (Å²) in [7, 11) is 0. The topological polar surface area (TPSA) is 23.0 Å². The second-order valence-electron chi connectivity index (χ2n) is 15.7. The zero-order valence-electron chi connectivity index (χ0n) is 31.8. The van der Waals surface area contributed by atoms with Gasteiger partial charge in [-0.25, -0.2) is 0 Å². The van der Waals surface area contributed by atoms with Gasteiger partial charge >= 0.3 is 0 Å². The van der Waals surface area contributed by atoms with Gasteiger partial charge in [0.2, 0.25) is 0 Å². The van der Waals surface area contributed by atoms with Crippen LogP contribution in [-0.2, 0) is 5.41 Å². The van der Waals surface area contributed by atoms with Crippen molar-refractivity contribution < 1.29 is 4.42 Å². The van der Waals surface area contributed by atoms with Crippen LogP contribution in [0.4, 0.5) is 0 Å². The van der Waals surface area contributed by atoms with E-state index in [0.717, 1.165) is 33.7 Å². The summed E-state index contributed by atoms with van der Waals surface area (Å²) in [6.07, 6.45) is 5.87. The quantitative estimate of drug-likeness (QED) is 0.167. The third-order valence-electron chi connectivity index (χ3n) is 12.3. The van der Waals surface area contributed by atoms with Crippen molar-refractivity contribution in [2.45, 2.75) is 45.8 Å². The molecule has 4 heterocycles. The third kappa shape index (κ3) is 4.53. The normalized spacial score (nSPS) is 14.2. The van der Waals surface area contributed by atoms with Gasteiger partial charge in [-0.2, -0.15) is 0 Å². The zero-order valence-corrected chi connectivity index (χ0v) is 33.4. The van der Waals surface area contributed by atoms with Crippen LogP contribution in [0.3, 0.4) is 0 Å². The predicted molar refractivity (Wildman–Crippen MR) is 241 cm³/mol. The third-order valence-corrected chi connectivity index (χ3v) is 14.9. The number of rotatable bonds is 4. The van der Waals surface area contributed by atoms with E-state index in [0.29, 0.717) is 0 Å². The van der Waals surface area contributed by atoms with Crippen LogP contribution in [0.1, 0.15) is 36.3 Å². The number of hydrogen-bond donors (Lipinski definition) is 0. The molecule has 0 atom stereocenters. The van der Waals surface area contributed by atoms with Gasteiger partial charge in [0.15, 0.2) is 0 Å². The first-order chi connectivity index (χ1) is 27.9. The SMILES string of the molecule is C=C/C=C\c1c(C)oc2ccc(-n3c4ccccc4c4cc(-n5c6ccc7c(c6c6ccc8c(c65)Sc5ccccc5S8)C(C)(C)c5ccccc5-7)ccc43)cc12. The molecule has 57 heavy (non-hydrogen) atoms. The monoisotopic (exact) mass is 768 g/mol. The highest BCUT2D eigenvalue weighted by molar-refractivity contribution is 8.05. The maximum Gasteiger partial charge on any atom is 0.135 e. The minimum absolute atomic E-state index is 0.151. The fourth-order valence-corrected chi connectivity index (χ4v) is 12.2. The van der Waals surface area contributed by atoms with Crippen LogP contribution in [0, 0.1) is 6.92 Å². The molecular weight excluding hydrogens is 733 g/mol. The van der Waals surface area contributed by atoms with Crippen molar-refractivity contribution in [3.05, 3.63) is 175 Å². The summed E-state index contributed by atoms with van der Waals surface area (Å²) in [5.41, 5.74) is 14.4. The number of fused-ring (bicyclic) bond motifs is 14. The number of allylic oxidation sites excluding steroid dienone is 2. The Labute approximate surface area is 338 Å². The minimum atomic E-state index is -0.151. The molecule has 7 aromatic carbocycles. The zero-order chi connectivity index (χ0) is 38.2. The Morgan fingerprint density at radius 1 is 0.614 bits per heavy atom. The number of para-hydroxylation sites is 1. The summed E-state index contributed by atoms with van der Waals surface area (Å²) < 4.78 is 11.2. The first-order valence-electron chi connectivity index (χ1n) is 19.5. The minimum Gasteiger partial charge on any atom is -0.461 e. The number of benzene rings is 7. The van der Waals surface area contributed by atoms with E-state index in [-0.39, 0.29) is 5.41 Å². The van der Waals surface area contributed by atoms with Crippen molar-refractivity contribution in [2.75, 3.05) is 0 Å². The summed E-state index contributed by atoms with van der Waals surface area (Å²) in [5.74, 6) is 0.901. The molecule has 0 bridgehead atoms. The van der Waals surface area contributed by atoms with Gasteiger partial charge in [0.25, 0.3) is 0 Å². The Morgan fingerprint density at radius 3 is 2.21 bits per heavy atom. The lowest BCUT2D eigenvalue weighted by Gasteiger charge is -2.22. The van der Waals surface area contributed by atoms with Gasteiger partial charge in [-0.1, -0.05) is 129 Å². The van der Waals surface area contributed by atoms with E-state index in [1.165, 1.54) is 85.4 Å². The summed E-state index contributed by atoms with van der Waals surface area (Å²) in [6, 6.07) is 49.7. The molecule has 5 heteroatoms. The molecule has 0 N–H and O–H groups in total. The van der Waals surface area contributed by atoms with Crippen LogP contribution >= 0.6 is 23.5 Å². The van der Waals surface area contributed by atoms with Crippen LogP contribution in [0.15, 0.2) is 176 Å². The Hall–Kier alpha value is -6.14. The average molecular weight is 769 g/mol. The molecule has 0 radical (unpaired) electrons. The number of aryl methyl sites for hydroxylation is 1. The molecule has 12 rings (SSSR count). The predicted octanol–water partition coefficient (Wildman–Crippen LogP) is 15.1. The second kappa shape index (κ2) is 11.9. The van der Waals surface area contributed by atoms with Crippen LogP contribution in [0.2, 0.25) is 0 Å². The van der Waals surface area contributed by atoms with E-state index in [2.05, 4.69) is 169 Å². The maximum absolute atomic E-state index is 6.19. The van der Waals surface area contributed by atoms with E-state index in [1.807, 2.05) is 42.6 Å². The van der Waals surface area contributed by atoms with Gasteiger partial charge < -0.3 is 13.6 Å². The van der Waals surface area contributed by atoms with E-state index in [4.69, 9.17) is 4.42 Å². The smallest absolute Gasteiger partial charge is 0.135 e. The second-order valence-corrected chi connectivity index (χ2v) is 17.9. The van der Waals surface area contributed by atoms with Crippen molar-refractivity contribution in [3.8, 4) is 22.5 Å². The highest BCUT2D eigenvalue weighted by Crippen LogP contribution is 2.57. The summed E-state index contributed by atoms with van der Waals surface area (Å²) >= 11 is 3.79. The van der Waals surface area contributed by atoms with Crippen molar-refractivity contribution in [3.63, 3.8) is 0 Å². The van der Waals surface area contributed by atoms with Crippen LogP contribution in [0.5, 0.6) is 0 Å². The van der Waals surface area contributed by atoms with Crippen molar-refractivity contribution in [1.29, 1.82) is 0 Å². The Kier molecular flexibility index (Phi) is 6.92. The van der Waals surface area contributed by atoms with E-state index in [9.17, 15) is 0 Å². The fraction of sp³-hybridized carbons (Fsp3) is 0.0769. The van der Waals surface area contributed by atoms with E-state index < -0.39 is 0 Å². The fourth-order valence-electron chi connectivity index (χ4n) is 9.83. The molecule has 3 aromatic heterocycles. The molecule has 0 amide bonds. The highest BCUT2D eigenvalue weighted by Gasteiger charge is 2.38. The van der Waals surface area contributed by atoms with Gasteiger partial charge in [-0.15, -0.1) is 0 Å². The lowest BCUT2D eigenvalue weighted by atomic mass is 9.80. The number of nitrogens with zero attached hydrogens (tertiary/aromatic N) is 2. The lowest BCUT2D eigenvalue weighted by Crippen LogP contribution is -2.15. The molecule has 0 saturated carbocycles. The summed E-state index contributed by atoms with van der Waals surface area (Å²) in [6.45, 7) is 10.7. The average Bonchev–Trinajstić information content (AvgIpc) is 3.93. The van der Waals surface area contributed by atoms with Crippen molar-refractivity contribution >= 4 is 84.2 Å². The Morgan fingerprint density at radius 2 is 1.33 bits per heavy atom. The lowest BCUT2D eigenvalue weighted by molar-refractivity contribution is 0.577. The van der Waals surface area contributed by atoms with E-state index >= 15 is 0 Å². The van der Waals surface area contributed by atoms with Crippen LogP contribution in [0.25, 0.3) is 83.2 Å². The number of furan rings is 1. The van der Waals surface area contributed by atoms with Gasteiger partial charge in [0.05, 0.1) is 27.0 Å². The molecule has 1 aliphatic heterocycles. The maximum atomic E-state index is 6.19. The summed E-state index contributed by atoms with van der Waals surface area (Å²) in [4.78, 5) is 5.25. The van der Waals surface area contributed by atoms with Crippen molar-refractivity contribution in [2.24, 2.45) is 0 Å². The first-order valence-corrected chi connectivity index (χ1v) is 21.1. The molecule has 2 aliphatic rings. The summed E-state index contributed by atoms with van der Waals surface area (Å²) in [5, 5.41) is 6.20. The molecule has 272 valence electrons. The number of aromatic nitrogens is 2. The molecule has 1 aliphatic carbocycles. The first kappa shape index (κ1) is 33.0.